The number of hydrogen-bond acceptors (Lipinski definition) is 5. The number of aliphatic hydroxyl groups is 1. The molecule has 0 unspecified atom stereocenters. The molecular weight excluding hydrogens is 500 g/mol. The molecule has 0 radical (unpaired) electrons. The van der Waals surface area contributed by atoms with Gasteiger partial charge in [-0.05, 0) is 88.1 Å². The Morgan fingerprint density at radius 3 is 2.61 bits per heavy atom. The van der Waals surface area contributed by atoms with Crippen molar-refractivity contribution >= 4 is 28.4 Å². The number of benzene rings is 2. The Balaban J connectivity index is 1.39. The lowest BCUT2D eigenvalue weighted by atomic mass is 9.71. The predicted molar refractivity (Wildman–Crippen MR) is 151 cm³/mol. The van der Waals surface area contributed by atoms with Gasteiger partial charge in [0.1, 0.15) is 12.4 Å². The number of nitrogens with zero attached hydrogens (tertiary/aromatic N) is 3. The van der Waals surface area contributed by atoms with Crippen molar-refractivity contribution in [1.29, 1.82) is 0 Å². The number of nitrogens with one attached hydrogen (secondary N) is 1. The predicted octanol–water partition coefficient (Wildman–Crippen LogP) is 4.58. The molecule has 5 rings (SSSR count). The van der Waals surface area contributed by atoms with Gasteiger partial charge >= 0.3 is 0 Å². The first-order valence-electron chi connectivity index (χ1n) is 13.6. The van der Waals surface area contributed by atoms with Crippen molar-refractivity contribution in [3.05, 3.63) is 63.4 Å². The molecule has 0 spiro atoms. The zero-order valence-electron chi connectivity index (χ0n) is 22.4. The maximum Gasteiger partial charge on any atom is 0.262 e. The summed E-state index contributed by atoms with van der Waals surface area (Å²) in [5, 5.41) is 14.2. The van der Waals surface area contributed by atoms with Gasteiger partial charge in [-0.2, -0.15) is 0 Å². The highest BCUT2D eigenvalue weighted by Gasteiger charge is 2.34. The van der Waals surface area contributed by atoms with E-state index in [1.807, 2.05) is 45.0 Å². The van der Waals surface area contributed by atoms with Crippen LogP contribution in [-0.2, 0) is 11.3 Å². The van der Waals surface area contributed by atoms with Crippen LogP contribution < -0.4 is 10.9 Å². The third-order valence-electron chi connectivity index (χ3n) is 7.97. The van der Waals surface area contributed by atoms with E-state index in [1.165, 1.54) is 4.57 Å². The van der Waals surface area contributed by atoms with Gasteiger partial charge in [-0.1, -0.05) is 29.8 Å². The third-order valence-corrected chi connectivity index (χ3v) is 8.20. The number of hydrogen-bond donors (Lipinski definition) is 2. The van der Waals surface area contributed by atoms with E-state index in [0.717, 1.165) is 50.9 Å². The number of carbonyl (C=O) groups excluding carboxylic acids is 1. The summed E-state index contributed by atoms with van der Waals surface area (Å²) >= 11 is 6.23. The van der Waals surface area contributed by atoms with Crippen molar-refractivity contribution in [2.45, 2.75) is 70.6 Å². The quantitative estimate of drug-likeness (QED) is 0.461. The maximum atomic E-state index is 13.8. The van der Waals surface area contributed by atoms with Gasteiger partial charge in [0.2, 0.25) is 5.91 Å². The van der Waals surface area contributed by atoms with Gasteiger partial charge in [0.25, 0.3) is 5.56 Å². The van der Waals surface area contributed by atoms with Crippen molar-refractivity contribution in [3.8, 4) is 11.4 Å². The Morgan fingerprint density at radius 2 is 1.92 bits per heavy atom. The van der Waals surface area contributed by atoms with E-state index in [1.54, 1.807) is 12.1 Å². The first kappa shape index (κ1) is 26.9. The van der Waals surface area contributed by atoms with E-state index < -0.39 is 5.60 Å². The number of piperidine rings is 1. The molecule has 1 saturated carbocycles. The van der Waals surface area contributed by atoms with E-state index >= 15 is 0 Å². The van der Waals surface area contributed by atoms with Crippen molar-refractivity contribution in [2.75, 3.05) is 19.6 Å². The molecule has 8 heteroatoms. The SMILES string of the molecule is CC(C)NC(=O)Cn1c(-c2cccc(Cl)c2)nc2ccc(C3CC(CN4CCC(C)(O)CC4)C3)cc2c1=O. The van der Waals surface area contributed by atoms with Crippen LogP contribution in [0.2, 0.25) is 5.02 Å². The van der Waals surface area contributed by atoms with Crippen LogP contribution in [0.4, 0.5) is 0 Å². The summed E-state index contributed by atoms with van der Waals surface area (Å²) in [6.45, 7) is 8.58. The summed E-state index contributed by atoms with van der Waals surface area (Å²) in [6.07, 6.45) is 3.85. The molecule has 2 N–H and O–H groups in total. The molecule has 7 nitrogen and oxygen atoms in total. The van der Waals surface area contributed by atoms with Gasteiger partial charge in [-0.3, -0.25) is 14.2 Å². The van der Waals surface area contributed by atoms with Crippen molar-refractivity contribution in [2.24, 2.45) is 5.92 Å². The fourth-order valence-electron chi connectivity index (χ4n) is 5.74. The monoisotopic (exact) mass is 536 g/mol. The summed E-state index contributed by atoms with van der Waals surface area (Å²) in [6, 6.07) is 13.2. The second-order valence-electron chi connectivity index (χ2n) is 11.7. The third kappa shape index (κ3) is 5.95. The lowest BCUT2D eigenvalue weighted by Gasteiger charge is -2.42. The number of rotatable bonds is 7. The van der Waals surface area contributed by atoms with E-state index in [2.05, 4.69) is 16.3 Å². The van der Waals surface area contributed by atoms with Gasteiger partial charge in [-0.25, -0.2) is 4.98 Å². The number of likely N-dealkylation sites (tertiary alicyclic amines) is 1. The van der Waals surface area contributed by atoms with Crippen LogP contribution in [0.3, 0.4) is 0 Å². The highest BCUT2D eigenvalue weighted by Crippen LogP contribution is 2.43. The first-order valence-corrected chi connectivity index (χ1v) is 14.0. The lowest BCUT2D eigenvalue weighted by molar-refractivity contribution is -0.122. The zero-order chi connectivity index (χ0) is 27.0. The van der Waals surface area contributed by atoms with E-state index in [0.29, 0.717) is 39.1 Å². The molecule has 2 aliphatic rings. The van der Waals surface area contributed by atoms with Crippen molar-refractivity contribution < 1.29 is 9.90 Å². The molecule has 0 atom stereocenters. The molecule has 0 bridgehead atoms. The zero-order valence-corrected chi connectivity index (χ0v) is 23.2. The van der Waals surface area contributed by atoms with Crippen LogP contribution in [0.15, 0.2) is 47.3 Å². The Kier molecular flexibility index (Phi) is 7.63. The van der Waals surface area contributed by atoms with E-state index in [9.17, 15) is 14.7 Å². The fraction of sp³-hybridized carbons (Fsp3) is 0.500. The van der Waals surface area contributed by atoms with Gasteiger partial charge in [0.15, 0.2) is 0 Å². The van der Waals surface area contributed by atoms with Gasteiger partial charge in [0.05, 0.1) is 16.5 Å². The molecule has 1 aliphatic carbocycles. The molecule has 2 aromatic carbocycles. The van der Waals surface area contributed by atoms with Gasteiger partial charge < -0.3 is 15.3 Å². The minimum atomic E-state index is -0.521. The number of aromatic nitrogens is 2. The first-order chi connectivity index (χ1) is 18.1. The standard InChI is InChI=1S/C30H37ClN4O3/c1-19(2)32-27(36)18-35-28(22-5-4-6-24(31)15-22)33-26-8-7-21(16-25(26)29(35)37)23-13-20(14-23)17-34-11-9-30(3,38)10-12-34/h4-8,15-16,19-20,23,38H,9-14,17-18H2,1-3H3,(H,32,36). The van der Waals surface area contributed by atoms with Crippen LogP contribution >= 0.6 is 11.6 Å². The van der Waals surface area contributed by atoms with Crippen LogP contribution in [0.5, 0.6) is 0 Å². The Labute approximate surface area is 228 Å². The summed E-state index contributed by atoms with van der Waals surface area (Å²) in [5.74, 6) is 1.25. The fourth-order valence-corrected chi connectivity index (χ4v) is 5.93. The van der Waals surface area contributed by atoms with Crippen LogP contribution in [0.25, 0.3) is 22.3 Å². The molecule has 3 aromatic rings. The Bertz CT molecular complexity index is 1380. The molecule has 1 aromatic heterocycles. The van der Waals surface area contributed by atoms with E-state index in [4.69, 9.17) is 16.6 Å². The Hall–Kier alpha value is -2.74. The molecule has 1 aliphatic heterocycles. The molecule has 1 amide bonds. The van der Waals surface area contributed by atoms with Crippen molar-refractivity contribution in [1.82, 2.24) is 19.8 Å². The van der Waals surface area contributed by atoms with Crippen LogP contribution in [-0.4, -0.2) is 56.7 Å². The van der Waals surface area contributed by atoms with Crippen molar-refractivity contribution in [3.63, 3.8) is 0 Å². The highest BCUT2D eigenvalue weighted by molar-refractivity contribution is 6.30. The summed E-state index contributed by atoms with van der Waals surface area (Å²) < 4.78 is 1.46. The molecule has 2 heterocycles. The van der Waals surface area contributed by atoms with Crippen LogP contribution in [0, 0.1) is 5.92 Å². The molecule has 202 valence electrons. The maximum absolute atomic E-state index is 13.8. The van der Waals surface area contributed by atoms with Gasteiger partial charge in [-0.15, -0.1) is 0 Å². The number of fused-ring (bicyclic) bond motifs is 1. The second-order valence-corrected chi connectivity index (χ2v) is 12.1. The summed E-state index contributed by atoms with van der Waals surface area (Å²) in [7, 11) is 0. The molecular formula is C30H37ClN4O3. The smallest absolute Gasteiger partial charge is 0.262 e. The number of amides is 1. The molecule has 38 heavy (non-hydrogen) atoms. The average molecular weight is 537 g/mol. The highest BCUT2D eigenvalue weighted by atomic mass is 35.5. The average Bonchev–Trinajstić information content (AvgIpc) is 2.83. The summed E-state index contributed by atoms with van der Waals surface area (Å²) in [5.41, 5.74) is 1.72. The van der Waals surface area contributed by atoms with Gasteiger partial charge in [0, 0.05) is 36.3 Å². The number of carbonyl (C=O) groups is 1. The normalized spacial score (nSPS) is 21.4. The topological polar surface area (TPSA) is 87.5 Å². The number of halogens is 1. The minimum Gasteiger partial charge on any atom is -0.390 e. The molecule has 1 saturated heterocycles. The largest absolute Gasteiger partial charge is 0.390 e. The lowest BCUT2D eigenvalue weighted by Crippen LogP contribution is -2.45. The minimum absolute atomic E-state index is 0.0301. The Morgan fingerprint density at radius 1 is 1.18 bits per heavy atom. The second kappa shape index (κ2) is 10.8. The summed E-state index contributed by atoms with van der Waals surface area (Å²) in [4.78, 5) is 33.8. The molecule has 2 fully saturated rings. The van der Waals surface area contributed by atoms with E-state index in [-0.39, 0.29) is 24.1 Å². The van der Waals surface area contributed by atoms with Crippen LogP contribution in [0.1, 0.15) is 57.9 Å².